The molecule has 1 atom stereocenters. The zero-order valence-corrected chi connectivity index (χ0v) is 13.3. The van der Waals surface area contributed by atoms with Gasteiger partial charge in [0.25, 0.3) is 0 Å². The Kier molecular flexibility index (Phi) is 5.25. The molecule has 1 nitrogen and oxygen atoms in total. The molecule has 0 fully saturated rings. The van der Waals surface area contributed by atoms with Gasteiger partial charge in [-0.2, -0.15) is 0 Å². The highest BCUT2D eigenvalue weighted by atomic mass is 79.9. The third-order valence-corrected chi connectivity index (χ3v) is 4.86. The molecule has 0 saturated carbocycles. The van der Waals surface area contributed by atoms with Gasteiger partial charge >= 0.3 is 0 Å². The maximum Gasteiger partial charge on any atom is 0.0551 e. The van der Waals surface area contributed by atoms with Crippen molar-refractivity contribution in [2.24, 2.45) is 0 Å². The average molecular weight is 345 g/mol. The second-order valence-electron chi connectivity index (χ2n) is 4.31. The molecule has 0 aliphatic carbocycles. The fourth-order valence-corrected chi connectivity index (χ4v) is 3.03. The van der Waals surface area contributed by atoms with Crippen molar-refractivity contribution in [1.82, 2.24) is 5.32 Å². The Morgan fingerprint density at radius 2 is 2.22 bits per heavy atom. The Morgan fingerprint density at radius 3 is 2.89 bits per heavy atom. The largest absolute Gasteiger partial charge is 0.310 e. The molecule has 1 aromatic heterocycles. The molecule has 0 bridgehead atoms. The Bertz CT molecular complexity index is 499. The number of benzene rings is 1. The summed E-state index contributed by atoms with van der Waals surface area (Å²) in [5.74, 6) is 0. The van der Waals surface area contributed by atoms with Crippen LogP contribution in [0, 0.1) is 0 Å². The van der Waals surface area contributed by atoms with Crippen LogP contribution in [0.15, 0.2) is 40.2 Å². The topological polar surface area (TPSA) is 12.0 Å². The van der Waals surface area contributed by atoms with Crippen LogP contribution in [0.4, 0.5) is 0 Å². The van der Waals surface area contributed by atoms with E-state index in [0.717, 1.165) is 22.5 Å². The molecule has 0 spiro atoms. The van der Waals surface area contributed by atoms with Crippen LogP contribution in [0.25, 0.3) is 0 Å². The quantitative estimate of drug-likeness (QED) is 0.814. The molecule has 1 unspecified atom stereocenters. The van der Waals surface area contributed by atoms with Crippen LogP contribution in [0.1, 0.15) is 17.4 Å². The Balaban J connectivity index is 1.85. The maximum atomic E-state index is 6.07. The van der Waals surface area contributed by atoms with Gasteiger partial charge in [-0.25, -0.2) is 0 Å². The Morgan fingerprint density at radius 1 is 1.39 bits per heavy atom. The second kappa shape index (κ2) is 6.71. The Hall–Kier alpha value is -0.350. The molecule has 2 rings (SSSR count). The number of hydrogen-bond acceptors (Lipinski definition) is 2. The Labute approximate surface area is 125 Å². The maximum absolute atomic E-state index is 6.07. The van der Waals surface area contributed by atoms with Crippen molar-refractivity contribution in [1.29, 1.82) is 0 Å². The molecule has 1 N–H and O–H groups in total. The first kappa shape index (κ1) is 14.1. The van der Waals surface area contributed by atoms with Gasteiger partial charge in [-0.3, -0.25) is 0 Å². The van der Waals surface area contributed by atoms with Gasteiger partial charge in [-0.05, 0) is 58.4 Å². The van der Waals surface area contributed by atoms with E-state index in [0.29, 0.717) is 6.04 Å². The van der Waals surface area contributed by atoms with E-state index in [1.165, 1.54) is 10.4 Å². The fourth-order valence-electron chi connectivity index (χ4n) is 1.74. The molecule has 4 heteroatoms. The standard InChI is InChI=1S/C14H15BrClNS/c1-10(7-12-3-2-6-18-12)17-9-11-4-5-13(15)14(16)8-11/h2-6,8,10,17H,7,9H2,1H3. The molecule has 0 radical (unpaired) electrons. The van der Waals surface area contributed by atoms with Gasteiger partial charge in [-0.15, -0.1) is 11.3 Å². The van der Waals surface area contributed by atoms with E-state index < -0.39 is 0 Å². The smallest absolute Gasteiger partial charge is 0.0551 e. The van der Waals surface area contributed by atoms with Gasteiger partial charge in [0.1, 0.15) is 0 Å². The normalized spacial score (nSPS) is 12.6. The van der Waals surface area contributed by atoms with Crippen LogP contribution >= 0.6 is 38.9 Å². The van der Waals surface area contributed by atoms with E-state index >= 15 is 0 Å². The summed E-state index contributed by atoms with van der Waals surface area (Å²) >= 11 is 11.3. The van der Waals surface area contributed by atoms with Gasteiger partial charge in [0, 0.05) is 21.9 Å². The highest BCUT2D eigenvalue weighted by molar-refractivity contribution is 9.10. The molecule has 18 heavy (non-hydrogen) atoms. The molecule has 2 aromatic rings. The third-order valence-electron chi connectivity index (χ3n) is 2.73. The molecule has 0 aliphatic heterocycles. The van der Waals surface area contributed by atoms with Crippen LogP contribution in [0.5, 0.6) is 0 Å². The summed E-state index contributed by atoms with van der Waals surface area (Å²) in [6, 6.07) is 10.8. The van der Waals surface area contributed by atoms with Crippen LogP contribution in [0.3, 0.4) is 0 Å². The molecule has 1 heterocycles. The van der Waals surface area contributed by atoms with Crippen LogP contribution in [-0.2, 0) is 13.0 Å². The summed E-state index contributed by atoms with van der Waals surface area (Å²) in [7, 11) is 0. The van der Waals surface area contributed by atoms with Gasteiger partial charge in [0.2, 0.25) is 0 Å². The second-order valence-corrected chi connectivity index (χ2v) is 6.61. The first-order valence-corrected chi connectivity index (χ1v) is 7.90. The van der Waals surface area contributed by atoms with Gasteiger partial charge in [-0.1, -0.05) is 23.7 Å². The summed E-state index contributed by atoms with van der Waals surface area (Å²) in [5.41, 5.74) is 1.21. The predicted molar refractivity (Wildman–Crippen MR) is 83.5 cm³/mol. The minimum Gasteiger partial charge on any atom is -0.310 e. The lowest BCUT2D eigenvalue weighted by atomic mass is 10.1. The van der Waals surface area contributed by atoms with Crippen molar-refractivity contribution < 1.29 is 0 Å². The minimum atomic E-state index is 0.464. The number of nitrogens with one attached hydrogen (secondary N) is 1. The SMILES string of the molecule is CC(Cc1cccs1)NCc1ccc(Br)c(Cl)c1. The summed E-state index contributed by atoms with van der Waals surface area (Å²) in [6.45, 7) is 3.06. The number of thiophene rings is 1. The molecule has 0 aliphatic rings. The average Bonchev–Trinajstić information content (AvgIpc) is 2.83. The molecule has 0 saturated heterocycles. The van der Waals surface area contributed by atoms with Crippen molar-refractivity contribution >= 4 is 38.9 Å². The zero-order valence-electron chi connectivity index (χ0n) is 10.1. The lowest BCUT2D eigenvalue weighted by Crippen LogP contribution is -2.27. The van der Waals surface area contributed by atoms with E-state index in [9.17, 15) is 0 Å². The van der Waals surface area contributed by atoms with Crippen LogP contribution in [-0.4, -0.2) is 6.04 Å². The summed E-state index contributed by atoms with van der Waals surface area (Å²) in [4.78, 5) is 1.42. The zero-order chi connectivity index (χ0) is 13.0. The van der Waals surface area contributed by atoms with E-state index in [2.05, 4.69) is 51.7 Å². The monoisotopic (exact) mass is 343 g/mol. The molecular weight excluding hydrogens is 330 g/mol. The molecule has 1 aromatic carbocycles. The molecular formula is C14H15BrClNS. The van der Waals surface area contributed by atoms with Crippen molar-refractivity contribution in [3.05, 3.63) is 55.6 Å². The van der Waals surface area contributed by atoms with E-state index in [4.69, 9.17) is 11.6 Å². The molecule has 96 valence electrons. The van der Waals surface area contributed by atoms with E-state index in [-0.39, 0.29) is 0 Å². The lowest BCUT2D eigenvalue weighted by molar-refractivity contribution is 0.548. The first-order valence-electron chi connectivity index (χ1n) is 5.85. The van der Waals surface area contributed by atoms with Crippen LogP contribution in [0.2, 0.25) is 5.02 Å². The minimum absolute atomic E-state index is 0.464. The van der Waals surface area contributed by atoms with Crippen LogP contribution < -0.4 is 5.32 Å². The van der Waals surface area contributed by atoms with Gasteiger partial charge < -0.3 is 5.32 Å². The molecule has 0 amide bonds. The van der Waals surface area contributed by atoms with Gasteiger partial charge in [0.15, 0.2) is 0 Å². The van der Waals surface area contributed by atoms with Crippen molar-refractivity contribution in [3.63, 3.8) is 0 Å². The predicted octanol–water partition coefficient (Wildman–Crippen LogP) is 4.88. The van der Waals surface area contributed by atoms with E-state index in [1.807, 2.05) is 23.5 Å². The highest BCUT2D eigenvalue weighted by Gasteiger charge is 2.05. The number of rotatable bonds is 5. The third kappa shape index (κ3) is 4.09. The summed E-state index contributed by atoms with van der Waals surface area (Å²) in [5, 5.41) is 6.40. The number of hydrogen-bond donors (Lipinski definition) is 1. The number of halogens is 2. The van der Waals surface area contributed by atoms with Gasteiger partial charge in [0.05, 0.1) is 5.02 Å². The van der Waals surface area contributed by atoms with Crippen molar-refractivity contribution in [3.8, 4) is 0 Å². The highest BCUT2D eigenvalue weighted by Crippen LogP contribution is 2.23. The van der Waals surface area contributed by atoms with Crippen molar-refractivity contribution in [2.75, 3.05) is 0 Å². The van der Waals surface area contributed by atoms with Crippen molar-refractivity contribution in [2.45, 2.75) is 25.9 Å². The fraction of sp³-hybridized carbons (Fsp3) is 0.286. The lowest BCUT2D eigenvalue weighted by Gasteiger charge is -2.13. The van der Waals surface area contributed by atoms with E-state index in [1.54, 1.807) is 0 Å². The first-order chi connectivity index (χ1) is 8.65. The summed E-state index contributed by atoms with van der Waals surface area (Å²) in [6.07, 6.45) is 1.07. The summed E-state index contributed by atoms with van der Waals surface area (Å²) < 4.78 is 0.944.